The molecule has 0 saturated heterocycles. The summed E-state index contributed by atoms with van der Waals surface area (Å²) in [6, 6.07) is 4.74. The van der Waals surface area contributed by atoms with Crippen LogP contribution in [0.5, 0.6) is 5.75 Å². The van der Waals surface area contributed by atoms with Crippen molar-refractivity contribution < 1.29 is 9.94 Å². The molecule has 0 saturated carbocycles. The van der Waals surface area contributed by atoms with Crippen molar-refractivity contribution >= 4 is 17.8 Å². The molecule has 0 fully saturated rings. The molecular formula is C10H12ClNO2. The smallest absolute Gasteiger partial charge is 0.124 e. The van der Waals surface area contributed by atoms with Gasteiger partial charge in [0.25, 0.3) is 0 Å². The zero-order valence-corrected chi connectivity index (χ0v) is 8.82. The van der Waals surface area contributed by atoms with Crippen LogP contribution in [0.3, 0.4) is 0 Å². The number of oxime groups is 1. The summed E-state index contributed by atoms with van der Waals surface area (Å²) in [5, 5.41) is 13.6. The molecule has 0 spiro atoms. The molecule has 1 aromatic carbocycles. The van der Waals surface area contributed by atoms with E-state index in [0.29, 0.717) is 10.6 Å². The first-order valence-corrected chi connectivity index (χ1v) is 4.65. The Bertz CT molecular complexity index is 337. The van der Waals surface area contributed by atoms with Crippen molar-refractivity contribution in [1.29, 1.82) is 0 Å². The maximum atomic E-state index is 9.39. The summed E-state index contributed by atoms with van der Waals surface area (Å²) in [5.74, 6) is 0.130. The van der Waals surface area contributed by atoms with Crippen LogP contribution in [-0.2, 0) is 4.84 Å². The lowest BCUT2D eigenvalue weighted by molar-refractivity contribution is 0.0873. The molecular weight excluding hydrogens is 202 g/mol. The highest BCUT2D eigenvalue weighted by molar-refractivity contribution is 6.30. The second kappa shape index (κ2) is 4.86. The Morgan fingerprint density at radius 2 is 2.21 bits per heavy atom. The van der Waals surface area contributed by atoms with Crippen LogP contribution in [-0.4, -0.2) is 17.4 Å². The van der Waals surface area contributed by atoms with Gasteiger partial charge in [-0.2, -0.15) is 0 Å². The third-order valence-corrected chi connectivity index (χ3v) is 1.69. The summed E-state index contributed by atoms with van der Waals surface area (Å²) in [5.41, 5.74) is 0.540. The van der Waals surface area contributed by atoms with E-state index in [1.165, 1.54) is 12.3 Å². The number of halogens is 1. The highest BCUT2D eigenvalue weighted by Crippen LogP contribution is 2.19. The quantitative estimate of drug-likeness (QED) is 0.620. The average molecular weight is 214 g/mol. The van der Waals surface area contributed by atoms with Crippen LogP contribution in [0.4, 0.5) is 0 Å². The predicted octanol–water partition coefficient (Wildman–Crippen LogP) is 2.80. The fourth-order valence-electron chi connectivity index (χ4n) is 0.838. The maximum absolute atomic E-state index is 9.39. The molecule has 0 aliphatic heterocycles. The Morgan fingerprint density at radius 3 is 2.86 bits per heavy atom. The second-order valence-electron chi connectivity index (χ2n) is 3.09. The first-order chi connectivity index (χ1) is 6.59. The number of rotatable bonds is 3. The van der Waals surface area contributed by atoms with Crippen molar-refractivity contribution in [2.24, 2.45) is 5.16 Å². The van der Waals surface area contributed by atoms with Gasteiger partial charge in [0.1, 0.15) is 11.9 Å². The van der Waals surface area contributed by atoms with Gasteiger partial charge in [0.15, 0.2) is 0 Å². The molecule has 1 N–H and O–H groups in total. The molecule has 0 aliphatic rings. The van der Waals surface area contributed by atoms with E-state index >= 15 is 0 Å². The highest BCUT2D eigenvalue weighted by Gasteiger charge is 1.98. The molecule has 0 heterocycles. The van der Waals surface area contributed by atoms with E-state index in [2.05, 4.69) is 5.16 Å². The molecule has 4 heteroatoms. The molecule has 0 unspecified atom stereocenters. The summed E-state index contributed by atoms with van der Waals surface area (Å²) in [6.07, 6.45) is 1.45. The Hall–Kier alpha value is -1.22. The number of aromatic hydroxyl groups is 1. The molecule has 0 amide bonds. The molecule has 14 heavy (non-hydrogen) atoms. The molecule has 0 aromatic heterocycles. The molecule has 1 aromatic rings. The average Bonchev–Trinajstić information content (AvgIpc) is 2.10. The Kier molecular flexibility index (Phi) is 3.77. The fraction of sp³-hybridized carbons (Fsp3) is 0.300. The van der Waals surface area contributed by atoms with E-state index in [-0.39, 0.29) is 11.9 Å². The number of hydrogen-bond acceptors (Lipinski definition) is 3. The third-order valence-electron chi connectivity index (χ3n) is 1.45. The van der Waals surface area contributed by atoms with Crippen LogP contribution in [0.1, 0.15) is 19.4 Å². The van der Waals surface area contributed by atoms with Gasteiger partial charge in [-0.3, -0.25) is 0 Å². The van der Waals surface area contributed by atoms with E-state index in [1.807, 2.05) is 13.8 Å². The number of phenolic OH excluding ortho intramolecular Hbond substituents is 1. The zero-order valence-electron chi connectivity index (χ0n) is 8.07. The first-order valence-electron chi connectivity index (χ1n) is 4.27. The Morgan fingerprint density at radius 1 is 1.50 bits per heavy atom. The molecule has 0 atom stereocenters. The predicted molar refractivity (Wildman–Crippen MR) is 56.9 cm³/mol. The second-order valence-corrected chi connectivity index (χ2v) is 3.53. The normalized spacial score (nSPS) is 11.1. The van der Waals surface area contributed by atoms with Crippen molar-refractivity contribution in [3.05, 3.63) is 28.8 Å². The van der Waals surface area contributed by atoms with E-state index in [9.17, 15) is 5.11 Å². The number of hydrogen-bond donors (Lipinski definition) is 1. The van der Waals surface area contributed by atoms with E-state index in [1.54, 1.807) is 12.1 Å². The summed E-state index contributed by atoms with van der Waals surface area (Å²) in [7, 11) is 0. The van der Waals surface area contributed by atoms with E-state index in [0.717, 1.165) is 0 Å². The van der Waals surface area contributed by atoms with Gasteiger partial charge in [-0.25, -0.2) is 0 Å². The highest BCUT2D eigenvalue weighted by atomic mass is 35.5. The number of phenols is 1. The van der Waals surface area contributed by atoms with Crippen molar-refractivity contribution in [1.82, 2.24) is 0 Å². The lowest BCUT2D eigenvalue weighted by atomic mass is 10.2. The molecule has 3 nitrogen and oxygen atoms in total. The largest absolute Gasteiger partial charge is 0.507 e. The minimum atomic E-state index is 0.0209. The van der Waals surface area contributed by atoms with Crippen molar-refractivity contribution in [3.63, 3.8) is 0 Å². The molecule has 0 bridgehead atoms. The lowest BCUT2D eigenvalue weighted by Gasteiger charge is -2.01. The summed E-state index contributed by atoms with van der Waals surface area (Å²) in [6.45, 7) is 3.74. The molecule has 0 aliphatic carbocycles. The van der Waals surface area contributed by atoms with Crippen molar-refractivity contribution in [2.45, 2.75) is 20.0 Å². The SMILES string of the molecule is CC(C)O/N=C/c1cc(Cl)ccc1O. The molecule has 1 rings (SSSR count). The minimum absolute atomic E-state index is 0.0209. The Balaban J connectivity index is 2.75. The fourth-order valence-corrected chi connectivity index (χ4v) is 1.02. The van der Waals surface area contributed by atoms with Gasteiger partial charge in [0.05, 0.1) is 6.21 Å². The van der Waals surface area contributed by atoms with Crippen LogP contribution in [0, 0.1) is 0 Å². The summed E-state index contributed by atoms with van der Waals surface area (Å²) in [4.78, 5) is 4.96. The van der Waals surface area contributed by atoms with E-state index in [4.69, 9.17) is 16.4 Å². The van der Waals surface area contributed by atoms with Crippen molar-refractivity contribution in [3.8, 4) is 5.75 Å². The topological polar surface area (TPSA) is 41.8 Å². The van der Waals surface area contributed by atoms with Gasteiger partial charge in [-0.1, -0.05) is 16.8 Å². The van der Waals surface area contributed by atoms with Gasteiger partial charge in [-0.05, 0) is 32.0 Å². The van der Waals surface area contributed by atoms with Crippen LogP contribution < -0.4 is 0 Å². The van der Waals surface area contributed by atoms with Crippen LogP contribution >= 0.6 is 11.6 Å². The number of benzene rings is 1. The van der Waals surface area contributed by atoms with Gasteiger partial charge in [0, 0.05) is 10.6 Å². The molecule has 0 radical (unpaired) electrons. The summed E-state index contributed by atoms with van der Waals surface area (Å²) >= 11 is 5.74. The van der Waals surface area contributed by atoms with Gasteiger partial charge in [-0.15, -0.1) is 0 Å². The monoisotopic (exact) mass is 213 g/mol. The van der Waals surface area contributed by atoms with E-state index < -0.39 is 0 Å². The van der Waals surface area contributed by atoms with Crippen molar-refractivity contribution in [2.75, 3.05) is 0 Å². The minimum Gasteiger partial charge on any atom is -0.507 e. The van der Waals surface area contributed by atoms with Crippen LogP contribution in [0.2, 0.25) is 5.02 Å². The van der Waals surface area contributed by atoms with Gasteiger partial charge in [0.2, 0.25) is 0 Å². The first kappa shape index (κ1) is 10.9. The van der Waals surface area contributed by atoms with Crippen LogP contribution in [0.25, 0.3) is 0 Å². The van der Waals surface area contributed by atoms with Gasteiger partial charge >= 0.3 is 0 Å². The Labute approximate surface area is 88.0 Å². The lowest BCUT2D eigenvalue weighted by Crippen LogP contribution is -1.96. The zero-order chi connectivity index (χ0) is 10.6. The van der Waals surface area contributed by atoms with Gasteiger partial charge < -0.3 is 9.94 Å². The maximum Gasteiger partial charge on any atom is 0.124 e. The molecule has 76 valence electrons. The van der Waals surface area contributed by atoms with Crippen LogP contribution in [0.15, 0.2) is 23.4 Å². The summed E-state index contributed by atoms with van der Waals surface area (Å²) < 4.78 is 0. The third kappa shape index (κ3) is 3.26. The standard InChI is InChI=1S/C10H12ClNO2/c1-7(2)14-12-6-8-5-9(11)3-4-10(8)13/h3-7,13H,1-2H3/b12-6+. The number of nitrogens with zero attached hydrogens (tertiary/aromatic N) is 1.